The number of hydrogen-bond donors (Lipinski definition) is 1. The summed E-state index contributed by atoms with van der Waals surface area (Å²) in [5.41, 5.74) is 7.70. The van der Waals surface area contributed by atoms with Crippen molar-refractivity contribution in [2.24, 2.45) is 0 Å². The van der Waals surface area contributed by atoms with E-state index < -0.39 is 17.8 Å². The third-order valence-electron chi connectivity index (χ3n) is 4.66. The maximum absolute atomic E-state index is 13.5. The molecule has 2 N–H and O–H groups in total. The molecule has 3 aromatic rings. The number of carbonyl (C=O) groups is 1. The number of nitrogens with two attached hydrogens (primary N) is 1. The van der Waals surface area contributed by atoms with Gasteiger partial charge < -0.3 is 5.73 Å². The van der Waals surface area contributed by atoms with Gasteiger partial charge in [-0.05, 0) is 66.8 Å². The Morgan fingerprint density at radius 3 is 2.52 bits per heavy atom. The Morgan fingerprint density at radius 2 is 1.76 bits per heavy atom. The molecular formula is C19H15F3N2O. The highest BCUT2D eigenvalue weighted by Crippen LogP contribution is 2.35. The fourth-order valence-corrected chi connectivity index (χ4v) is 3.50. The smallest absolute Gasteiger partial charge is 0.399 e. The van der Waals surface area contributed by atoms with Gasteiger partial charge in [-0.25, -0.2) is 0 Å². The maximum Gasteiger partial charge on any atom is 0.431 e. The van der Waals surface area contributed by atoms with Crippen molar-refractivity contribution in [2.75, 3.05) is 5.73 Å². The number of alkyl halides is 3. The Hall–Kier alpha value is -2.76. The highest BCUT2D eigenvalue weighted by Gasteiger charge is 2.37. The highest BCUT2D eigenvalue weighted by atomic mass is 19.4. The number of halogens is 3. The Bertz CT molecular complexity index is 1000. The molecule has 0 aliphatic heterocycles. The van der Waals surface area contributed by atoms with Crippen molar-refractivity contribution < 1.29 is 18.0 Å². The van der Waals surface area contributed by atoms with Crippen molar-refractivity contribution in [1.82, 2.24) is 4.57 Å². The van der Waals surface area contributed by atoms with Crippen LogP contribution in [0.3, 0.4) is 0 Å². The summed E-state index contributed by atoms with van der Waals surface area (Å²) in [6.07, 6.45) is -1.83. The van der Waals surface area contributed by atoms with Gasteiger partial charge in [-0.15, -0.1) is 0 Å². The SMILES string of the molecule is Nc1ccc2c(c1)cc(C(F)(F)F)n2C(=O)c1ccc2c(c1)CCC2. The summed E-state index contributed by atoms with van der Waals surface area (Å²) in [6.45, 7) is 0. The standard InChI is InChI=1S/C19H15F3N2O/c20-19(21,22)17-10-14-9-15(23)6-7-16(14)24(17)18(25)13-5-4-11-2-1-3-12(11)8-13/h4-10H,1-3,23H2. The van der Waals surface area contributed by atoms with E-state index in [2.05, 4.69) is 0 Å². The number of aryl methyl sites for hydroxylation is 2. The van der Waals surface area contributed by atoms with E-state index in [4.69, 9.17) is 5.73 Å². The number of hydrogen-bond acceptors (Lipinski definition) is 2. The monoisotopic (exact) mass is 344 g/mol. The molecule has 3 nitrogen and oxygen atoms in total. The van der Waals surface area contributed by atoms with Crippen LogP contribution in [0.1, 0.15) is 33.6 Å². The molecule has 0 saturated carbocycles. The summed E-state index contributed by atoms with van der Waals surface area (Å²) >= 11 is 0. The van der Waals surface area contributed by atoms with Gasteiger partial charge in [-0.3, -0.25) is 9.36 Å². The summed E-state index contributed by atoms with van der Waals surface area (Å²) in [7, 11) is 0. The van der Waals surface area contributed by atoms with Gasteiger partial charge >= 0.3 is 6.18 Å². The van der Waals surface area contributed by atoms with E-state index in [9.17, 15) is 18.0 Å². The largest absolute Gasteiger partial charge is 0.431 e. The third kappa shape index (κ3) is 2.58. The molecule has 1 aliphatic rings. The van der Waals surface area contributed by atoms with Gasteiger partial charge in [0.15, 0.2) is 0 Å². The lowest BCUT2D eigenvalue weighted by Gasteiger charge is -2.13. The van der Waals surface area contributed by atoms with Gasteiger partial charge in [0.2, 0.25) is 0 Å². The molecule has 4 rings (SSSR count). The second-order valence-corrected chi connectivity index (χ2v) is 6.32. The Labute approximate surface area is 141 Å². The molecule has 1 aliphatic carbocycles. The summed E-state index contributed by atoms with van der Waals surface area (Å²) in [5, 5.41) is 0.293. The number of carbonyl (C=O) groups excluding carboxylic acids is 1. The number of nitrogens with zero attached hydrogens (tertiary/aromatic N) is 1. The first-order valence-electron chi connectivity index (χ1n) is 7.99. The maximum atomic E-state index is 13.5. The number of aromatic nitrogens is 1. The highest BCUT2D eigenvalue weighted by molar-refractivity contribution is 6.03. The van der Waals surface area contributed by atoms with Crippen molar-refractivity contribution in [3.05, 3.63) is 64.8 Å². The van der Waals surface area contributed by atoms with Crippen LogP contribution in [0.25, 0.3) is 10.9 Å². The number of rotatable bonds is 1. The minimum Gasteiger partial charge on any atom is -0.399 e. The Morgan fingerprint density at radius 1 is 1.00 bits per heavy atom. The Kier molecular flexibility index (Phi) is 3.39. The van der Waals surface area contributed by atoms with E-state index in [1.807, 2.05) is 6.07 Å². The van der Waals surface area contributed by atoms with Crippen LogP contribution < -0.4 is 5.73 Å². The van der Waals surface area contributed by atoms with Gasteiger partial charge in [-0.1, -0.05) is 6.07 Å². The normalized spacial score (nSPS) is 14.0. The minimum atomic E-state index is -4.64. The van der Waals surface area contributed by atoms with E-state index >= 15 is 0 Å². The van der Waals surface area contributed by atoms with Crippen molar-refractivity contribution >= 4 is 22.5 Å². The number of fused-ring (bicyclic) bond motifs is 2. The molecule has 128 valence electrons. The van der Waals surface area contributed by atoms with E-state index in [1.54, 1.807) is 12.1 Å². The van der Waals surface area contributed by atoms with E-state index in [0.717, 1.165) is 41.0 Å². The molecule has 2 aromatic carbocycles. The lowest BCUT2D eigenvalue weighted by molar-refractivity contribution is -0.142. The zero-order valence-electron chi connectivity index (χ0n) is 13.2. The predicted molar refractivity (Wildman–Crippen MR) is 89.5 cm³/mol. The first kappa shape index (κ1) is 15.7. The van der Waals surface area contributed by atoms with Crippen molar-refractivity contribution in [2.45, 2.75) is 25.4 Å². The molecule has 0 spiro atoms. The van der Waals surface area contributed by atoms with Crippen LogP contribution in [-0.2, 0) is 19.0 Å². The molecule has 0 fully saturated rings. The molecule has 0 atom stereocenters. The second kappa shape index (κ2) is 5.37. The molecule has 1 aromatic heterocycles. The van der Waals surface area contributed by atoms with Gasteiger partial charge in [-0.2, -0.15) is 13.2 Å². The van der Waals surface area contributed by atoms with E-state index in [1.165, 1.54) is 18.2 Å². The molecule has 25 heavy (non-hydrogen) atoms. The van der Waals surface area contributed by atoms with Gasteiger partial charge in [0.25, 0.3) is 5.91 Å². The van der Waals surface area contributed by atoms with Crippen molar-refractivity contribution in [1.29, 1.82) is 0 Å². The average Bonchev–Trinajstić information content (AvgIpc) is 3.16. The Balaban J connectivity index is 1.91. The van der Waals surface area contributed by atoms with Gasteiger partial charge in [0.05, 0.1) is 5.52 Å². The zero-order valence-corrected chi connectivity index (χ0v) is 13.2. The summed E-state index contributed by atoms with van der Waals surface area (Å²) in [5.74, 6) is -0.679. The van der Waals surface area contributed by atoms with Crippen LogP contribution in [0.4, 0.5) is 18.9 Å². The molecule has 0 saturated heterocycles. The first-order valence-corrected chi connectivity index (χ1v) is 7.99. The number of benzene rings is 2. The second-order valence-electron chi connectivity index (χ2n) is 6.32. The fourth-order valence-electron chi connectivity index (χ4n) is 3.50. The predicted octanol–water partition coefficient (Wildman–Crippen LogP) is 4.42. The zero-order chi connectivity index (χ0) is 17.8. The first-order chi connectivity index (χ1) is 11.8. The fraction of sp³-hybridized carbons (Fsp3) is 0.211. The van der Waals surface area contributed by atoms with Crippen LogP contribution in [0.5, 0.6) is 0 Å². The quantitative estimate of drug-likeness (QED) is 0.664. The topological polar surface area (TPSA) is 48.0 Å². The lowest BCUT2D eigenvalue weighted by atomic mass is 10.1. The van der Waals surface area contributed by atoms with Gasteiger partial charge in [0.1, 0.15) is 5.69 Å². The third-order valence-corrected chi connectivity index (χ3v) is 4.66. The molecule has 6 heteroatoms. The molecule has 1 heterocycles. The summed E-state index contributed by atoms with van der Waals surface area (Å²) in [4.78, 5) is 12.9. The molecule has 0 unspecified atom stereocenters. The number of nitrogen functional groups attached to an aromatic ring is 1. The average molecular weight is 344 g/mol. The van der Waals surface area contributed by atoms with Crippen LogP contribution in [0.15, 0.2) is 42.5 Å². The molecule has 0 amide bonds. The number of anilines is 1. The van der Waals surface area contributed by atoms with Crippen LogP contribution in [0.2, 0.25) is 0 Å². The summed E-state index contributed by atoms with van der Waals surface area (Å²) in [6, 6.07) is 10.5. The van der Waals surface area contributed by atoms with Crippen molar-refractivity contribution in [3.63, 3.8) is 0 Å². The van der Waals surface area contributed by atoms with Crippen LogP contribution in [0, 0.1) is 0 Å². The molecule has 0 bridgehead atoms. The minimum absolute atomic E-state index is 0.201. The molecular weight excluding hydrogens is 329 g/mol. The summed E-state index contributed by atoms with van der Waals surface area (Å²) < 4.78 is 41.2. The van der Waals surface area contributed by atoms with Crippen LogP contribution >= 0.6 is 0 Å². The van der Waals surface area contributed by atoms with Gasteiger partial charge in [0, 0.05) is 16.6 Å². The van der Waals surface area contributed by atoms with E-state index in [-0.39, 0.29) is 11.1 Å². The van der Waals surface area contributed by atoms with Crippen LogP contribution in [-0.4, -0.2) is 10.5 Å². The molecule has 0 radical (unpaired) electrons. The van der Waals surface area contributed by atoms with E-state index in [0.29, 0.717) is 11.1 Å². The lowest BCUT2D eigenvalue weighted by Crippen LogP contribution is -2.20. The van der Waals surface area contributed by atoms with Crippen molar-refractivity contribution in [3.8, 4) is 0 Å².